The highest BCUT2D eigenvalue weighted by molar-refractivity contribution is 6.01. The number of esters is 2. The molecule has 1 saturated carbocycles. The maximum absolute atomic E-state index is 14.8. The molecule has 2 spiro atoms. The van der Waals surface area contributed by atoms with Crippen LogP contribution in [0.3, 0.4) is 0 Å². The van der Waals surface area contributed by atoms with Crippen molar-refractivity contribution < 1.29 is 43.2 Å². The van der Waals surface area contributed by atoms with Crippen molar-refractivity contribution in [1.82, 2.24) is 0 Å². The van der Waals surface area contributed by atoms with Crippen molar-refractivity contribution in [3.63, 3.8) is 0 Å². The Kier molecular flexibility index (Phi) is 3.73. The summed E-state index contributed by atoms with van der Waals surface area (Å²) in [4.78, 5) is 55.2. The second-order valence-corrected chi connectivity index (χ2v) is 13.0. The summed E-state index contributed by atoms with van der Waals surface area (Å²) in [6.07, 6.45) is 6.24. The standard InChI is InChI=1S/C28H30O9/c1-23-11-18-25(3)28-19(23)20(30)27(37-28,34-12-16(23)21(31)35-18)15-8-7-13-5-4-6-17(29)24(13,2)14(15)9-10-26(28,33)22(32)36-25/h4,6-7,14-16,18-19,33H,5,8-12H2,1-3H3/t14-,15-,16-,18+,19-,23+,24+,25-,26+,27+,28-/m1/s1. The van der Waals surface area contributed by atoms with E-state index in [-0.39, 0.29) is 24.6 Å². The van der Waals surface area contributed by atoms with Crippen molar-refractivity contribution in [3.8, 4) is 0 Å². The van der Waals surface area contributed by atoms with Gasteiger partial charge in [-0.3, -0.25) is 14.4 Å². The van der Waals surface area contributed by atoms with E-state index in [1.165, 1.54) is 0 Å². The van der Waals surface area contributed by atoms with E-state index in [1.807, 2.05) is 26.0 Å². The number of carbonyl (C=O) groups is 4. The Bertz CT molecular complexity index is 1300. The molecule has 196 valence electrons. The Morgan fingerprint density at radius 3 is 2.65 bits per heavy atom. The van der Waals surface area contributed by atoms with Crippen LogP contribution in [0.4, 0.5) is 0 Å². The number of Topliss-reactive ketones (excluding diaryl/α,β-unsaturated/α-hetero) is 1. The molecule has 6 fully saturated rings. The molecule has 0 radical (unpaired) electrons. The molecule has 9 nitrogen and oxygen atoms in total. The Balaban J connectivity index is 1.43. The molecule has 5 saturated heterocycles. The Labute approximate surface area is 213 Å². The van der Waals surface area contributed by atoms with Crippen molar-refractivity contribution in [2.45, 2.75) is 81.6 Å². The SMILES string of the molecule is C[C@]12C(=O)C=CCC1=CC[C@@H]1[C@H]2CC[C@]2(O)C(=O)O[C@]3(C)[C@@H]4C[C@@]5(C)[C@H](CO[C@]16O[C@@]23[C@@H]5C6=O)C(=O)O4. The first-order chi connectivity index (χ1) is 17.4. The van der Waals surface area contributed by atoms with Crippen LogP contribution in [-0.4, -0.2) is 63.9 Å². The van der Waals surface area contributed by atoms with Gasteiger partial charge in [0.1, 0.15) is 6.10 Å². The first-order valence-electron chi connectivity index (χ1n) is 13.4. The molecule has 0 aromatic rings. The number of hydrogen-bond donors (Lipinski definition) is 1. The predicted molar refractivity (Wildman–Crippen MR) is 122 cm³/mol. The van der Waals surface area contributed by atoms with Crippen LogP contribution in [0.1, 0.15) is 52.9 Å². The summed E-state index contributed by atoms with van der Waals surface area (Å²) in [7, 11) is 0. The molecule has 9 heteroatoms. The maximum atomic E-state index is 14.8. The Hall–Kier alpha value is -2.36. The topological polar surface area (TPSA) is 125 Å². The number of ketones is 2. The molecule has 0 unspecified atom stereocenters. The van der Waals surface area contributed by atoms with Crippen LogP contribution in [0.15, 0.2) is 23.8 Å². The summed E-state index contributed by atoms with van der Waals surface area (Å²) in [5, 5.41) is 12.4. The third-order valence-corrected chi connectivity index (χ3v) is 12.0. The van der Waals surface area contributed by atoms with Crippen LogP contribution in [0, 0.1) is 34.5 Å². The summed E-state index contributed by atoms with van der Waals surface area (Å²) in [6.45, 7) is 5.29. The molecule has 1 N–H and O–H groups in total. The van der Waals surface area contributed by atoms with Gasteiger partial charge in [0.05, 0.1) is 23.9 Å². The number of aliphatic hydroxyl groups is 1. The molecule has 37 heavy (non-hydrogen) atoms. The van der Waals surface area contributed by atoms with E-state index in [0.29, 0.717) is 25.7 Å². The summed E-state index contributed by atoms with van der Waals surface area (Å²) < 4.78 is 25.1. The second-order valence-electron chi connectivity index (χ2n) is 13.0. The van der Waals surface area contributed by atoms with E-state index in [1.54, 1.807) is 13.0 Å². The van der Waals surface area contributed by atoms with Crippen molar-refractivity contribution in [2.24, 2.45) is 34.5 Å². The van der Waals surface area contributed by atoms with Gasteiger partial charge in [0.25, 0.3) is 0 Å². The number of rotatable bonds is 0. The normalized spacial score (nSPS) is 58.5. The Morgan fingerprint density at radius 2 is 1.86 bits per heavy atom. The van der Waals surface area contributed by atoms with Gasteiger partial charge in [0.15, 0.2) is 28.4 Å². The van der Waals surface area contributed by atoms with Crippen molar-refractivity contribution in [3.05, 3.63) is 23.8 Å². The fourth-order valence-corrected chi connectivity index (χ4v) is 10.0. The lowest BCUT2D eigenvalue weighted by Gasteiger charge is -2.63. The molecule has 11 atom stereocenters. The van der Waals surface area contributed by atoms with Gasteiger partial charge >= 0.3 is 11.9 Å². The van der Waals surface area contributed by atoms with E-state index in [2.05, 4.69) is 0 Å². The molecule has 5 aliphatic heterocycles. The minimum absolute atomic E-state index is 0.0380. The van der Waals surface area contributed by atoms with Gasteiger partial charge in [-0.2, -0.15) is 0 Å². The largest absolute Gasteiger partial charge is 0.458 e. The summed E-state index contributed by atoms with van der Waals surface area (Å²) in [5.41, 5.74) is -6.43. The van der Waals surface area contributed by atoms with Crippen molar-refractivity contribution in [1.29, 1.82) is 0 Å². The Morgan fingerprint density at radius 1 is 1.08 bits per heavy atom. The van der Waals surface area contributed by atoms with Gasteiger partial charge in [0.2, 0.25) is 5.79 Å². The molecule has 0 amide bonds. The van der Waals surface area contributed by atoms with Crippen LogP contribution in [-0.2, 0) is 38.1 Å². The zero-order valence-electron chi connectivity index (χ0n) is 21.1. The van der Waals surface area contributed by atoms with Crippen LogP contribution < -0.4 is 0 Å². The molecule has 0 aromatic heterocycles. The molecule has 8 rings (SSSR count). The zero-order chi connectivity index (χ0) is 26.0. The molecular formula is C28H30O9. The molecule has 5 heterocycles. The monoisotopic (exact) mass is 510 g/mol. The third-order valence-electron chi connectivity index (χ3n) is 12.0. The molecular weight excluding hydrogens is 480 g/mol. The highest BCUT2D eigenvalue weighted by Crippen LogP contribution is 2.75. The molecule has 3 aliphatic carbocycles. The second kappa shape index (κ2) is 6.10. The average Bonchev–Trinajstić information content (AvgIpc) is 3.16. The van der Waals surface area contributed by atoms with Gasteiger partial charge in [-0.05, 0) is 63.4 Å². The first-order valence-corrected chi connectivity index (χ1v) is 13.4. The van der Waals surface area contributed by atoms with Crippen LogP contribution in [0.5, 0.6) is 0 Å². The average molecular weight is 511 g/mol. The number of ether oxygens (including phenoxy) is 4. The molecule has 8 aliphatic rings. The van der Waals surface area contributed by atoms with Crippen molar-refractivity contribution in [2.75, 3.05) is 6.61 Å². The van der Waals surface area contributed by atoms with E-state index in [9.17, 15) is 24.3 Å². The quantitative estimate of drug-likeness (QED) is 0.382. The van der Waals surface area contributed by atoms with Gasteiger partial charge in [0, 0.05) is 5.92 Å². The number of allylic oxidation sites excluding steroid dienone is 4. The van der Waals surface area contributed by atoms with Crippen LogP contribution in [0.25, 0.3) is 0 Å². The summed E-state index contributed by atoms with van der Waals surface area (Å²) in [6, 6.07) is 0. The van der Waals surface area contributed by atoms with Crippen LogP contribution >= 0.6 is 0 Å². The first kappa shape index (κ1) is 22.6. The molecule has 5 bridgehead atoms. The third kappa shape index (κ3) is 1.97. The predicted octanol–water partition coefficient (Wildman–Crippen LogP) is 1.56. The van der Waals surface area contributed by atoms with E-state index < -0.39 is 75.1 Å². The van der Waals surface area contributed by atoms with Gasteiger partial charge < -0.3 is 24.1 Å². The number of fused-ring (bicyclic) bond motifs is 5. The smallest absolute Gasteiger partial charge is 0.342 e. The minimum Gasteiger partial charge on any atom is -0.458 e. The summed E-state index contributed by atoms with van der Waals surface area (Å²) in [5.74, 6) is -6.36. The van der Waals surface area contributed by atoms with Crippen LogP contribution in [0.2, 0.25) is 0 Å². The van der Waals surface area contributed by atoms with E-state index in [0.717, 1.165) is 5.57 Å². The lowest BCUT2D eigenvalue weighted by Crippen LogP contribution is -2.79. The maximum Gasteiger partial charge on any atom is 0.342 e. The number of hydrogen-bond acceptors (Lipinski definition) is 9. The van der Waals surface area contributed by atoms with Gasteiger partial charge in [-0.25, -0.2) is 4.79 Å². The number of carbonyl (C=O) groups excluding carboxylic acids is 4. The minimum atomic E-state index is -2.17. The van der Waals surface area contributed by atoms with E-state index in [4.69, 9.17) is 18.9 Å². The lowest BCUT2D eigenvalue weighted by atomic mass is 9.46. The fraction of sp³-hybridized carbons (Fsp3) is 0.714. The molecule has 0 aromatic carbocycles. The summed E-state index contributed by atoms with van der Waals surface area (Å²) >= 11 is 0. The van der Waals surface area contributed by atoms with Gasteiger partial charge in [-0.15, -0.1) is 0 Å². The fourth-order valence-electron chi connectivity index (χ4n) is 10.0. The highest BCUT2D eigenvalue weighted by atomic mass is 16.8. The van der Waals surface area contributed by atoms with Crippen molar-refractivity contribution >= 4 is 23.5 Å². The lowest BCUT2D eigenvalue weighted by molar-refractivity contribution is -0.374. The van der Waals surface area contributed by atoms with Gasteiger partial charge in [-0.1, -0.05) is 24.6 Å². The highest BCUT2D eigenvalue weighted by Gasteiger charge is 2.93. The van der Waals surface area contributed by atoms with E-state index >= 15 is 0 Å². The zero-order valence-corrected chi connectivity index (χ0v) is 21.1.